The number of rotatable bonds is 5. The fourth-order valence-corrected chi connectivity index (χ4v) is 9.89. The van der Waals surface area contributed by atoms with Crippen LogP contribution in [-0.2, 0) is 28.1 Å². The van der Waals surface area contributed by atoms with Gasteiger partial charge in [0.2, 0.25) is 0 Å². The van der Waals surface area contributed by atoms with Crippen LogP contribution in [0.4, 0.5) is 22.7 Å². The molecule has 1 aliphatic heterocycles. The molecule has 61 heavy (non-hydrogen) atoms. The van der Waals surface area contributed by atoms with Gasteiger partial charge in [0.1, 0.15) is 0 Å². The van der Waals surface area contributed by atoms with Crippen LogP contribution in [0.3, 0.4) is 0 Å². The van der Waals surface area contributed by atoms with Crippen molar-refractivity contribution in [3.63, 3.8) is 0 Å². The number of imidazole rings is 1. The van der Waals surface area contributed by atoms with Crippen LogP contribution in [0.2, 0.25) is 0 Å². The topological polar surface area (TPSA) is 34.2 Å². The smallest absolute Gasteiger partial charge is 0.0770 e. The number of nitrogens with zero attached hydrogens (tertiary/aromatic N) is 6. The molecule has 0 saturated carbocycles. The van der Waals surface area contributed by atoms with Crippen LogP contribution in [0.5, 0.6) is 0 Å². The Kier molecular flexibility index (Phi) is 8.59. The van der Waals surface area contributed by atoms with Crippen molar-refractivity contribution in [3.05, 3.63) is 193 Å². The molecule has 1 aliphatic rings. The molecule has 3 aromatic heterocycles. The monoisotopic (exact) mass is 966 g/mol. The molecule has 298 valence electrons. The zero-order valence-electron chi connectivity index (χ0n) is 34.1. The number of hydrogen-bond acceptors (Lipinski definition) is 3. The van der Waals surface area contributed by atoms with E-state index in [1.54, 1.807) is 0 Å². The van der Waals surface area contributed by atoms with E-state index in [4.69, 9.17) is 4.98 Å². The quantitative estimate of drug-likeness (QED) is 0.161. The summed E-state index contributed by atoms with van der Waals surface area (Å²) < 4.78 is 6.96. The third-order valence-corrected chi connectivity index (χ3v) is 12.3. The molecule has 0 saturated heterocycles. The first-order chi connectivity index (χ1) is 29.4. The number of aryl methyl sites for hydroxylation is 4. The minimum Gasteiger partial charge on any atom is -0.493 e. The summed E-state index contributed by atoms with van der Waals surface area (Å²) >= 11 is 0. The number of anilines is 4. The minimum atomic E-state index is 0. The first-order valence-electron chi connectivity index (χ1n) is 20.5. The summed E-state index contributed by atoms with van der Waals surface area (Å²) in [4.78, 5) is 9.92. The van der Waals surface area contributed by atoms with E-state index < -0.39 is 0 Å². The molecule has 4 heterocycles. The van der Waals surface area contributed by atoms with Crippen molar-refractivity contribution >= 4 is 77.4 Å². The number of aromatic nitrogens is 4. The zero-order valence-corrected chi connectivity index (χ0v) is 36.4. The van der Waals surface area contributed by atoms with E-state index >= 15 is 0 Å². The van der Waals surface area contributed by atoms with Gasteiger partial charge in [0.15, 0.2) is 0 Å². The SMILES string of the molecule is Cc1cc(C)c(N2[CH-]N(c3[c-]c(-n4c5[c-]c(-c6nc7ccccc7n6C)c6c(c7ccccc7n6-c6ccccc6)c5c5ccccc54)ccc3)c3ccccc32)c(C)c1.[Pt]. The fraction of sp³-hybridized carbons (Fsp3) is 0.0741. The molecule has 7 heteroatoms. The van der Waals surface area contributed by atoms with Crippen molar-refractivity contribution in [2.45, 2.75) is 20.8 Å². The first-order valence-corrected chi connectivity index (χ1v) is 20.5. The number of fused-ring (bicyclic) bond motifs is 9. The van der Waals surface area contributed by atoms with Gasteiger partial charge < -0.3 is 23.5 Å². The Hall–Kier alpha value is -6.88. The molecule has 0 atom stereocenters. The summed E-state index contributed by atoms with van der Waals surface area (Å²) in [7, 11) is 2.12. The Morgan fingerprint density at radius 2 is 1.13 bits per heavy atom. The van der Waals surface area contributed by atoms with Gasteiger partial charge in [-0.3, -0.25) is 4.98 Å². The van der Waals surface area contributed by atoms with E-state index in [1.165, 1.54) is 33.2 Å². The molecule has 0 aliphatic carbocycles. The predicted octanol–water partition coefficient (Wildman–Crippen LogP) is 13.4. The van der Waals surface area contributed by atoms with Crippen LogP contribution in [0, 0.1) is 39.6 Å². The third kappa shape index (κ3) is 5.48. The Morgan fingerprint density at radius 1 is 0.541 bits per heavy atom. The molecule has 12 rings (SSSR count). The molecular weight excluding hydrogens is 928 g/mol. The van der Waals surface area contributed by atoms with Crippen molar-refractivity contribution in [2.24, 2.45) is 7.05 Å². The van der Waals surface area contributed by atoms with E-state index in [9.17, 15) is 0 Å². The van der Waals surface area contributed by atoms with E-state index in [2.05, 4.69) is 228 Å². The minimum absolute atomic E-state index is 0. The maximum absolute atomic E-state index is 5.32. The van der Waals surface area contributed by atoms with Crippen molar-refractivity contribution in [3.8, 4) is 22.8 Å². The van der Waals surface area contributed by atoms with Crippen LogP contribution < -0.4 is 9.80 Å². The maximum atomic E-state index is 5.32. The van der Waals surface area contributed by atoms with Gasteiger partial charge >= 0.3 is 0 Å². The van der Waals surface area contributed by atoms with Crippen LogP contribution in [0.1, 0.15) is 16.7 Å². The Labute approximate surface area is 368 Å². The average Bonchev–Trinajstić information content (AvgIpc) is 4.01. The number of benzene rings is 8. The molecule has 8 aromatic carbocycles. The molecular formula is C54H39N6Pt-3. The van der Waals surface area contributed by atoms with Gasteiger partial charge in [0.05, 0.1) is 16.9 Å². The summed E-state index contributed by atoms with van der Waals surface area (Å²) in [6.07, 6.45) is 0. The molecule has 0 radical (unpaired) electrons. The molecule has 0 spiro atoms. The largest absolute Gasteiger partial charge is 0.493 e. The van der Waals surface area contributed by atoms with E-state index in [-0.39, 0.29) is 21.1 Å². The number of hydrogen-bond donors (Lipinski definition) is 0. The van der Waals surface area contributed by atoms with Crippen LogP contribution in [-0.4, -0.2) is 18.7 Å². The van der Waals surface area contributed by atoms with E-state index in [1.807, 2.05) is 0 Å². The van der Waals surface area contributed by atoms with Gasteiger partial charge in [-0.15, -0.1) is 36.6 Å². The van der Waals surface area contributed by atoms with Crippen molar-refractivity contribution < 1.29 is 21.1 Å². The van der Waals surface area contributed by atoms with Gasteiger partial charge in [-0.05, 0) is 102 Å². The van der Waals surface area contributed by atoms with Gasteiger partial charge in [-0.2, -0.15) is 6.07 Å². The van der Waals surface area contributed by atoms with Gasteiger partial charge in [0.25, 0.3) is 0 Å². The van der Waals surface area contributed by atoms with Crippen molar-refractivity contribution in [1.82, 2.24) is 18.7 Å². The Morgan fingerprint density at radius 3 is 1.85 bits per heavy atom. The summed E-state index contributed by atoms with van der Waals surface area (Å²) in [5, 5.41) is 4.68. The Bertz CT molecular complexity index is 3510. The first kappa shape index (κ1) is 37.1. The molecule has 0 N–H and O–H groups in total. The maximum Gasteiger partial charge on any atom is 0.0770 e. The standard InChI is InChI=1S/C54H39N6.Pt/c1-34-29-35(2)52(36(3)30-34)58-33-57(47-27-14-15-28-48(47)58)38-19-16-20-39(31-38)59-44-24-11-8-21-40(44)50-49(59)32-42(54-55-43-23-10-13-26-46(43)56(54)4)53-51(50)41-22-9-12-25-45(41)60(53)37-17-6-5-7-18-37;/h5-30,33H,1-4H3;/q-3;. The number of para-hydroxylation sites is 7. The summed E-state index contributed by atoms with van der Waals surface area (Å²) in [5.41, 5.74) is 17.5. The van der Waals surface area contributed by atoms with Crippen LogP contribution in [0.15, 0.2) is 158 Å². The second-order valence-electron chi connectivity index (χ2n) is 16.0. The fourth-order valence-electron chi connectivity index (χ4n) is 9.89. The van der Waals surface area contributed by atoms with E-state index in [0.717, 1.165) is 83.7 Å². The van der Waals surface area contributed by atoms with Crippen LogP contribution in [0.25, 0.3) is 77.4 Å². The van der Waals surface area contributed by atoms with E-state index in [0.29, 0.717) is 0 Å². The van der Waals surface area contributed by atoms with Crippen molar-refractivity contribution in [2.75, 3.05) is 9.80 Å². The zero-order chi connectivity index (χ0) is 40.2. The summed E-state index contributed by atoms with van der Waals surface area (Å²) in [6, 6.07) is 64.2. The molecule has 0 amide bonds. The van der Waals surface area contributed by atoms with Gasteiger partial charge in [-0.25, -0.2) is 0 Å². The van der Waals surface area contributed by atoms with Gasteiger partial charge in [0, 0.05) is 61.9 Å². The summed E-state index contributed by atoms with van der Waals surface area (Å²) in [5.74, 6) is 0.864. The van der Waals surface area contributed by atoms with Gasteiger partial charge in [-0.1, -0.05) is 119 Å². The normalized spacial score (nSPS) is 12.7. The third-order valence-electron chi connectivity index (χ3n) is 12.3. The molecule has 0 fully saturated rings. The average molecular weight is 967 g/mol. The molecule has 0 bridgehead atoms. The molecule has 0 unspecified atom stereocenters. The Balaban J connectivity index is 0.00000420. The second-order valence-corrected chi connectivity index (χ2v) is 16.0. The molecule has 11 aromatic rings. The summed E-state index contributed by atoms with van der Waals surface area (Å²) in [6.45, 7) is 8.79. The van der Waals surface area contributed by atoms with Crippen molar-refractivity contribution in [1.29, 1.82) is 0 Å². The second kappa shape index (κ2) is 14.1. The van der Waals surface area contributed by atoms with Crippen LogP contribution >= 0.6 is 0 Å². The predicted molar refractivity (Wildman–Crippen MR) is 248 cm³/mol. The molecule has 6 nitrogen and oxygen atoms in total.